The SMILES string of the molecule is COc1cccc(C(=O)N/N=C2\CCCc3oc(C(=O)NNC(=O)c4ccc([N+](=O)[O-])cc4)c(C)c32)c1. The van der Waals surface area contributed by atoms with E-state index in [1.54, 1.807) is 31.2 Å². The van der Waals surface area contributed by atoms with Crippen molar-refractivity contribution in [2.24, 2.45) is 5.10 Å². The van der Waals surface area contributed by atoms with E-state index >= 15 is 0 Å². The van der Waals surface area contributed by atoms with Crippen LogP contribution in [0.2, 0.25) is 0 Å². The van der Waals surface area contributed by atoms with Crippen molar-refractivity contribution >= 4 is 29.1 Å². The predicted octanol–water partition coefficient (Wildman–Crippen LogP) is 3.05. The highest BCUT2D eigenvalue weighted by atomic mass is 16.6. The van der Waals surface area contributed by atoms with Crippen molar-refractivity contribution in [1.82, 2.24) is 16.3 Å². The summed E-state index contributed by atoms with van der Waals surface area (Å²) in [6.45, 7) is 1.69. The van der Waals surface area contributed by atoms with E-state index in [1.165, 1.54) is 31.4 Å². The van der Waals surface area contributed by atoms with E-state index in [4.69, 9.17) is 9.15 Å². The molecule has 0 radical (unpaired) electrons. The summed E-state index contributed by atoms with van der Waals surface area (Å²) in [6, 6.07) is 11.6. The maximum atomic E-state index is 12.8. The highest BCUT2D eigenvalue weighted by Crippen LogP contribution is 2.30. The van der Waals surface area contributed by atoms with Crippen molar-refractivity contribution in [3.63, 3.8) is 0 Å². The fourth-order valence-corrected chi connectivity index (χ4v) is 3.92. The van der Waals surface area contributed by atoms with Gasteiger partial charge in [0, 0.05) is 40.8 Å². The highest BCUT2D eigenvalue weighted by Gasteiger charge is 2.28. The number of nitrogens with zero attached hydrogens (tertiary/aromatic N) is 2. The number of carbonyl (C=O) groups excluding carboxylic acids is 3. The number of carbonyl (C=O) groups is 3. The highest BCUT2D eigenvalue weighted by molar-refractivity contribution is 6.07. The smallest absolute Gasteiger partial charge is 0.305 e. The monoisotopic (exact) mass is 505 g/mol. The lowest BCUT2D eigenvalue weighted by atomic mass is 9.93. The quantitative estimate of drug-likeness (QED) is 0.342. The number of ether oxygens (including phenoxy) is 1. The lowest BCUT2D eigenvalue weighted by Gasteiger charge is -2.13. The summed E-state index contributed by atoms with van der Waals surface area (Å²) in [4.78, 5) is 47.8. The molecule has 190 valence electrons. The van der Waals surface area contributed by atoms with Gasteiger partial charge in [-0.05, 0) is 50.1 Å². The number of furan rings is 1. The first-order chi connectivity index (χ1) is 17.8. The van der Waals surface area contributed by atoms with Crippen LogP contribution in [0.25, 0.3) is 0 Å². The zero-order valence-electron chi connectivity index (χ0n) is 20.0. The van der Waals surface area contributed by atoms with Gasteiger partial charge in [-0.15, -0.1) is 0 Å². The third-order valence-electron chi connectivity index (χ3n) is 5.79. The largest absolute Gasteiger partial charge is 0.497 e. The standard InChI is InChI=1S/C25H23N5O7/c1-14-21-19(26-27-24(32)16-5-3-6-18(13-16)36-2)7-4-8-20(21)37-22(14)25(33)29-28-23(31)15-9-11-17(12-10-15)30(34)35/h3,5-6,9-13H,4,7-8H2,1-2H3,(H,27,32)(H,28,31)(H,29,33)/b26-19+. The van der Waals surface area contributed by atoms with Crippen LogP contribution >= 0.6 is 0 Å². The van der Waals surface area contributed by atoms with Gasteiger partial charge >= 0.3 is 5.91 Å². The molecule has 3 N–H and O–H groups in total. The number of hydrogen-bond acceptors (Lipinski definition) is 8. The van der Waals surface area contributed by atoms with E-state index < -0.39 is 22.6 Å². The van der Waals surface area contributed by atoms with Gasteiger partial charge in [0.05, 0.1) is 17.7 Å². The number of hydrazone groups is 1. The molecule has 0 saturated carbocycles. The molecule has 1 aromatic heterocycles. The summed E-state index contributed by atoms with van der Waals surface area (Å²) < 4.78 is 10.9. The normalized spacial score (nSPS) is 13.4. The molecule has 0 atom stereocenters. The maximum absolute atomic E-state index is 12.8. The van der Waals surface area contributed by atoms with Crippen molar-refractivity contribution in [2.75, 3.05) is 7.11 Å². The first-order valence-corrected chi connectivity index (χ1v) is 11.3. The maximum Gasteiger partial charge on any atom is 0.305 e. The Bertz CT molecular complexity index is 1410. The first kappa shape index (κ1) is 25.1. The Balaban J connectivity index is 1.45. The summed E-state index contributed by atoms with van der Waals surface area (Å²) in [6.07, 6.45) is 1.87. The van der Waals surface area contributed by atoms with E-state index in [9.17, 15) is 24.5 Å². The topological polar surface area (TPSA) is 165 Å². The van der Waals surface area contributed by atoms with E-state index in [0.717, 1.165) is 0 Å². The van der Waals surface area contributed by atoms with Gasteiger partial charge in [-0.3, -0.25) is 35.3 Å². The van der Waals surface area contributed by atoms with Crippen LogP contribution in [-0.4, -0.2) is 35.5 Å². The Kier molecular flexibility index (Phi) is 7.28. The molecular formula is C25H23N5O7. The zero-order chi connectivity index (χ0) is 26.5. The third kappa shape index (κ3) is 5.48. The van der Waals surface area contributed by atoms with Crippen molar-refractivity contribution in [3.8, 4) is 5.75 Å². The summed E-state index contributed by atoms with van der Waals surface area (Å²) in [7, 11) is 1.51. The van der Waals surface area contributed by atoms with Gasteiger partial charge in [-0.25, -0.2) is 5.43 Å². The second-order valence-corrected chi connectivity index (χ2v) is 8.15. The van der Waals surface area contributed by atoms with Crippen LogP contribution in [0.4, 0.5) is 5.69 Å². The van der Waals surface area contributed by atoms with Gasteiger partial charge in [0.15, 0.2) is 5.76 Å². The molecule has 3 aromatic rings. The van der Waals surface area contributed by atoms with Crippen LogP contribution < -0.4 is 21.0 Å². The molecule has 0 spiro atoms. The molecule has 1 aliphatic rings. The number of rotatable bonds is 6. The van der Waals surface area contributed by atoms with E-state index in [-0.39, 0.29) is 17.0 Å². The number of amides is 3. The van der Waals surface area contributed by atoms with Crippen molar-refractivity contribution in [3.05, 3.63) is 92.4 Å². The Morgan fingerprint density at radius 2 is 1.73 bits per heavy atom. The molecule has 0 saturated heterocycles. The predicted molar refractivity (Wildman–Crippen MR) is 131 cm³/mol. The summed E-state index contributed by atoms with van der Waals surface area (Å²) in [5.41, 5.74) is 9.20. The van der Waals surface area contributed by atoms with Gasteiger partial charge in [-0.1, -0.05) is 6.07 Å². The van der Waals surface area contributed by atoms with Crippen LogP contribution in [0.3, 0.4) is 0 Å². The van der Waals surface area contributed by atoms with Gasteiger partial charge < -0.3 is 9.15 Å². The number of non-ortho nitro benzene ring substituents is 1. The number of aryl methyl sites for hydroxylation is 1. The third-order valence-corrected chi connectivity index (χ3v) is 5.79. The minimum Gasteiger partial charge on any atom is -0.497 e. The molecular weight excluding hydrogens is 482 g/mol. The molecule has 0 fully saturated rings. The van der Waals surface area contributed by atoms with E-state index in [1.807, 2.05) is 0 Å². The van der Waals surface area contributed by atoms with Crippen LogP contribution in [0.15, 0.2) is 58.0 Å². The molecule has 4 rings (SSSR count). The molecule has 0 unspecified atom stereocenters. The Morgan fingerprint density at radius 3 is 2.43 bits per heavy atom. The summed E-state index contributed by atoms with van der Waals surface area (Å²) in [5.74, 6) is -0.636. The van der Waals surface area contributed by atoms with Gasteiger partial charge in [-0.2, -0.15) is 5.10 Å². The second kappa shape index (κ2) is 10.7. The van der Waals surface area contributed by atoms with Crippen LogP contribution in [-0.2, 0) is 6.42 Å². The molecule has 2 aromatic carbocycles. The van der Waals surface area contributed by atoms with E-state index in [0.29, 0.717) is 53.2 Å². The fourth-order valence-electron chi connectivity index (χ4n) is 3.92. The van der Waals surface area contributed by atoms with Gasteiger partial charge in [0.1, 0.15) is 11.5 Å². The number of hydrazine groups is 1. The zero-order valence-corrected chi connectivity index (χ0v) is 20.0. The summed E-state index contributed by atoms with van der Waals surface area (Å²) in [5, 5.41) is 15.0. The number of nitrogens with one attached hydrogen (secondary N) is 3. The van der Waals surface area contributed by atoms with E-state index in [2.05, 4.69) is 21.4 Å². The number of methoxy groups -OCH3 is 1. The van der Waals surface area contributed by atoms with Crippen molar-refractivity contribution in [1.29, 1.82) is 0 Å². The first-order valence-electron chi connectivity index (χ1n) is 11.3. The number of hydrogen-bond donors (Lipinski definition) is 3. The molecule has 12 heteroatoms. The van der Waals surface area contributed by atoms with Crippen LogP contribution in [0, 0.1) is 17.0 Å². The Hall–Kier alpha value is -5.00. The average molecular weight is 505 g/mol. The minimum atomic E-state index is -0.679. The van der Waals surface area contributed by atoms with Crippen LogP contribution in [0.1, 0.15) is 61.0 Å². The van der Waals surface area contributed by atoms with Crippen molar-refractivity contribution in [2.45, 2.75) is 26.2 Å². The number of nitro benzene ring substituents is 1. The van der Waals surface area contributed by atoms with Crippen molar-refractivity contribution < 1.29 is 28.5 Å². The molecule has 0 bridgehead atoms. The molecule has 0 aliphatic heterocycles. The van der Waals surface area contributed by atoms with Crippen LogP contribution in [0.5, 0.6) is 5.75 Å². The minimum absolute atomic E-state index is 0.00252. The Morgan fingerprint density at radius 1 is 1.00 bits per heavy atom. The second-order valence-electron chi connectivity index (χ2n) is 8.15. The lowest BCUT2D eigenvalue weighted by molar-refractivity contribution is -0.384. The number of benzene rings is 2. The molecule has 1 aliphatic carbocycles. The van der Waals surface area contributed by atoms with Gasteiger partial charge in [0.25, 0.3) is 17.5 Å². The average Bonchev–Trinajstić information content (AvgIpc) is 3.27. The van der Waals surface area contributed by atoms with Gasteiger partial charge in [0.2, 0.25) is 0 Å². The molecule has 12 nitrogen and oxygen atoms in total. The fraction of sp³-hybridized carbons (Fsp3) is 0.200. The number of nitro groups is 1. The molecule has 1 heterocycles. The molecule has 3 amide bonds. The summed E-state index contributed by atoms with van der Waals surface area (Å²) >= 11 is 0. The Labute approximate surface area is 210 Å². The number of fused-ring (bicyclic) bond motifs is 1. The lowest BCUT2D eigenvalue weighted by Crippen LogP contribution is -2.41. The molecule has 37 heavy (non-hydrogen) atoms.